The van der Waals surface area contributed by atoms with Gasteiger partial charge in [-0.2, -0.15) is 0 Å². The van der Waals surface area contributed by atoms with Crippen molar-refractivity contribution < 1.29 is 14.3 Å². The number of piperazine rings is 1. The lowest BCUT2D eigenvalue weighted by molar-refractivity contribution is -0.133. The predicted octanol–water partition coefficient (Wildman–Crippen LogP) is 2.85. The van der Waals surface area contributed by atoms with Gasteiger partial charge in [0, 0.05) is 39.1 Å². The molecule has 3 rings (SSSR count). The van der Waals surface area contributed by atoms with E-state index in [9.17, 15) is 9.90 Å². The number of β-amino-alcohol motifs (C(OH)–C–C–N with tert-alkyl or cyclic N) is 1. The van der Waals surface area contributed by atoms with Gasteiger partial charge >= 0.3 is 0 Å². The molecule has 2 fully saturated rings. The summed E-state index contributed by atoms with van der Waals surface area (Å²) < 4.78 is 5.24. The summed E-state index contributed by atoms with van der Waals surface area (Å²) in [5, 5.41) is 10.1. The first-order chi connectivity index (χ1) is 11.2. The molecule has 1 atom stereocenters. The maximum absolute atomic E-state index is 12.3. The van der Waals surface area contributed by atoms with Crippen LogP contribution in [0.5, 0.6) is 0 Å². The topological polar surface area (TPSA) is 56.9 Å². The lowest BCUT2D eigenvalue weighted by atomic mass is 10.0. The number of amides is 1. The van der Waals surface area contributed by atoms with Crippen LogP contribution in [0.3, 0.4) is 0 Å². The highest BCUT2D eigenvalue weighted by Gasteiger charge is 2.24. The first kappa shape index (κ1) is 19.3. The average molecular weight is 357 g/mol. The van der Waals surface area contributed by atoms with Gasteiger partial charge in [0.05, 0.1) is 6.26 Å². The summed E-state index contributed by atoms with van der Waals surface area (Å²) in [6, 6.07) is 3.59. The molecule has 24 heavy (non-hydrogen) atoms. The molecule has 6 heteroatoms. The molecule has 0 aromatic carbocycles. The molecule has 2 aliphatic rings. The summed E-state index contributed by atoms with van der Waals surface area (Å²) in [6.07, 6.45) is 8.08. The Balaban J connectivity index is 0.00000208. The average Bonchev–Trinajstić information content (AvgIpc) is 3.26. The van der Waals surface area contributed by atoms with E-state index in [1.165, 1.54) is 25.7 Å². The number of aliphatic hydroxyl groups excluding tert-OH is 1. The molecule has 1 aromatic rings. The highest BCUT2D eigenvalue weighted by Crippen LogP contribution is 2.28. The molecule has 1 aliphatic heterocycles. The van der Waals surface area contributed by atoms with Gasteiger partial charge in [-0.1, -0.05) is 25.7 Å². The molecule has 1 N–H and O–H groups in total. The molecule has 1 unspecified atom stereocenters. The van der Waals surface area contributed by atoms with Crippen molar-refractivity contribution in [1.82, 2.24) is 9.80 Å². The van der Waals surface area contributed by atoms with E-state index in [4.69, 9.17) is 4.42 Å². The maximum Gasteiger partial charge on any atom is 0.222 e. The van der Waals surface area contributed by atoms with E-state index in [1.807, 2.05) is 4.90 Å². The number of halogens is 1. The molecule has 136 valence electrons. The Morgan fingerprint density at radius 1 is 1.25 bits per heavy atom. The number of furan rings is 1. The van der Waals surface area contributed by atoms with Crippen molar-refractivity contribution in [1.29, 1.82) is 0 Å². The molecule has 5 nitrogen and oxygen atoms in total. The van der Waals surface area contributed by atoms with E-state index in [1.54, 1.807) is 18.4 Å². The smallest absolute Gasteiger partial charge is 0.222 e. The van der Waals surface area contributed by atoms with Crippen LogP contribution in [-0.2, 0) is 4.79 Å². The third kappa shape index (κ3) is 5.23. The van der Waals surface area contributed by atoms with Crippen LogP contribution < -0.4 is 0 Å². The summed E-state index contributed by atoms with van der Waals surface area (Å²) in [5.74, 6) is 1.70. The van der Waals surface area contributed by atoms with Crippen LogP contribution in [0.2, 0.25) is 0 Å². The zero-order valence-corrected chi connectivity index (χ0v) is 15.0. The monoisotopic (exact) mass is 356 g/mol. The van der Waals surface area contributed by atoms with Gasteiger partial charge in [0.15, 0.2) is 0 Å². The fraction of sp³-hybridized carbons (Fsp3) is 0.722. The zero-order valence-electron chi connectivity index (χ0n) is 14.2. The van der Waals surface area contributed by atoms with Gasteiger partial charge in [-0.05, 0) is 24.5 Å². The maximum atomic E-state index is 12.3. The summed E-state index contributed by atoms with van der Waals surface area (Å²) in [7, 11) is 0. The third-order valence-electron chi connectivity index (χ3n) is 5.27. The highest BCUT2D eigenvalue weighted by molar-refractivity contribution is 5.85. The quantitative estimate of drug-likeness (QED) is 0.851. The van der Waals surface area contributed by atoms with Crippen molar-refractivity contribution in [2.45, 2.75) is 44.6 Å². The Morgan fingerprint density at radius 2 is 1.96 bits per heavy atom. The van der Waals surface area contributed by atoms with Crippen LogP contribution in [0, 0.1) is 5.92 Å². The van der Waals surface area contributed by atoms with Gasteiger partial charge in [-0.15, -0.1) is 12.4 Å². The van der Waals surface area contributed by atoms with E-state index in [0.29, 0.717) is 24.6 Å². The number of carbonyl (C=O) groups excluding carboxylic acids is 1. The Morgan fingerprint density at radius 3 is 2.58 bits per heavy atom. The summed E-state index contributed by atoms with van der Waals surface area (Å²) in [5.41, 5.74) is 0. The number of hydrogen-bond donors (Lipinski definition) is 1. The van der Waals surface area contributed by atoms with Crippen molar-refractivity contribution in [3.8, 4) is 0 Å². The normalized spacial score (nSPS) is 20.8. The molecular formula is C18H29ClN2O3. The third-order valence-corrected chi connectivity index (χ3v) is 5.27. The Labute approximate surface area is 150 Å². The number of rotatable bonds is 6. The van der Waals surface area contributed by atoms with Crippen molar-refractivity contribution in [2.24, 2.45) is 5.92 Å². The Bertz CT molecular complexity index is 480. The molecular weight excluding hydrogens is 328 g/mol. The van der Waals surface area contributed by atoms with Crippen molar-refractivity contribution in [2.75, 3.05) is 32.7 Å². The molecule has 1 aliphatic carbocycles. The van der Waals surface area contributed by atoms with Crippen LogP contribution >= 0.6 is 12.4 Å². The second kappa shape index (κ2) is 9.44. The lowest BCUT2D eigenvalue weighted by Gasteiger charge is -2.35. The van der Waals surface area contributed by atoms with Crippen LogP contribution in [-0.4, -0.2) is 53.5 Å². The fourth-order valence-electron chi connectivity index (χ4n) is 3.78. The van der Waals surface area contributed by atoms with Gasteiger partial charge < -0.3 is 14.4 Å². The van der Waals surface area contributed by atoms with Gasteiger partial charge in [0.25, 0.3) is 0 Å². The van der Waals surface area contributed by atoms with Crippen LogP contribution in [0.25, 0.3) is 0 Å². The molecule has 0 bridgehead atoms. The van der Waals surface area contributed by atoms with Crippen molar-refractivity contribution in [3.05, 3.63) is 24.2 Å². The molecule has 0 spiro atoms. The molecule has 1 aromatic heterocycles. The Hall–Kier alpha value is -1.04. The zero-order chi connectivity index (χ0) is 16.1. The minimum Gasteiger partial charge on any atom is -0.467 e. The van der Waals surface area contributed by atoms with Gasteiger partial charge in [0.2, 0.25) is 5.91 Å². The highest BCUT2D eigenvalue weighted by atomic mass is 35.5. The summed E-state index contributed by atoms with van der Waals surface area (Å²) >= 11 is 0. The van der Waals surface area contributed by atoms with E-state index in [-0.39, 0.29) is 12.4 Å². The van der Waals surface area contributed by atoms with E-state index in [0.717, 1.165) is 38.5 Å². The van der Waals surface area contributed by atoms with Gasteiger partial charge in [-0.3, -0.25) is 9.69 Å². The standard InChI is InChI=1S/C18H28N2O3.ClH/c21-16(17-6-3-13-23-17)14-19-9-11-20(12-10-19)18(22)8-7-15-4-1-2-5-15;/h3,6,13,15-16,21H,1-2,4-5,7-12,14H2;1H. The second-order valence-electron chi connectivity index (χ2n) is 6.90. The van der Waals surface area contributed by atoms with Crippen LogP contribution in [0.1, 0.15) is 50.4 Å². The van der Waals surface area contributed by atoms with E-state index in [2.05, 4.69) is 4.90 Å². The van der Waals surface area contributed by atoms with Crippen molar-refractivity contribution >= 4 is 18.3 Å². The number of nitrogens with zero attached hydrogens (tertiary/aromatic N) is 2. The number of aliphatic hydroxyl groups is 1. The molecule has 1 amide bonds. The van der Waals surface area contributed by atoms with E-state index < -0.39 is 6.10 Å². The first-order valence-electron chi connectivity index (χ1n) is 8.94. The number of carbonyl (C=O) groups is 1. The summed E-state index contributed by atoms with van der Waals surface area (Å²) in [6.45, 7) is 3.76. The van der Waals surface area contributed by atoms with Gasteiger partial charge in [0.1, 0.15) is 11.9 Å². The molecule has 0 radical (unpaired) electrons. The van der Waals surface area contributed by atoms with Crippen LogP contribution in [0.4, 0.5) is 0 Å². The number of hydrogen-bond acceptors (Lipinski definition) is 4. The fourth-order valence-corrected chi connectivity index (χ4v) is 3.78. The Kier molecular flexibility index (Phi) is 7.59. The molecule has 1 saturated carbocycles. The second-order valence-corrected chi connectivity index (χ2v) is 6.90. The predicted molar refractivity (Wildman–Crippen MR) is 95.1 cm³/mol. The largest absolute Gasteiger partial charge is 0.467 e. The molecule has 1 saturated heterocycles. The minimum atomic E-state index is -0.588. The SMILES string of the molecule is Cl.O=C(CCC1CCCC1)N1CCN(CC(O)c2ccco2)CC1. The molecule has 2 heterocycles. The van der Waals surface area contributed by atoms with Crippen LogP contribution in [0.15, 0.2) is 22.8 Å². The minimum absolute atomic E-state index is 0. The van der Waals surface area contributed by atoms with Crippen molar-refractivity contribution in [3.63, 3.8) is 0 Å². The first-order valence-corrected chi connectivity index (χ1v) is 8.94. The lowest BCUT2D eigenvalue weighted by Crippen LogP contribution is -2.49. The van der Waals surface area contributed by atoms with E-state index >= 15 is 0 Å². The summed E-state index contributed by atoms with van der Waals surface area (Å²) in [4.78, 5) is 16.5. The van der Waals surface area contributed by atoms with Gasteiger partial charge in [-0.25, -0.2) is 0 Å².